The summed E-state index contributed by atoms with van der Waals surface area (Å²) in [5, 5.41) is 0. The van der Waals surface area contributed by atoms with Crippen molar-refractivity contribution in [2.75, 3.05) is 11.5 Å². The molecule has 3 rings (SSSR count). The molecule has 182 valence electrons. The fraction of sp³-hybridized carbons (Fsp3) is 0.143. The predicted octanol–water partition coefficient (Wildman–Crippen LogP) is 7.49. The molecule has 0 aliphatic rings. The summed E-state index contributed by atoms with van der Waals surface area (Å²) in [7, 11) is 0. The zero-order valence-electron chi connectivity index (χ0n) is 16.6. The number of nitrogen functional groups attached to an aromatic ring is 2. The van der Waals surface area contributed by atoms with E-state index in [1.165, 1.54) is 0 Å². The largest absolute Gasteiger partial charge is 0.456 e. The molecule has 34 heavy (non-hydrogen) atoms. The summed E-state index contributed by atoms with van der Waals surface area (Å²) in [6, 6.07) is 6.36. The van der Waals surface area contributed by atoms with Gasteiger partial charge in [-0.2, -0.15) is 39.5 Å². The second kappa shape index (κ2) is 8.54. The fourth-order valence-electron chi connectivity index (χ4n) is 2.90. The van der Waals surface area contributed by atoms with Gasteiger partial charge < -0.3 is 20.9 Å². The second-order valence-electron chi connectivity index (χ2n) is 6.91. The van der Waals surface area contributed by atoms with Gasteiger partial charge in [0.1, 0.15) is 28.6 Å². The normalized spacial score (nSPS) is 12.5. The molecule has 3 aromatic carbocycles. The third-order valence-corrected chi connectivity index (χ3v) is 4.24. The average molecular weight is 496 g/mol. The van der Waals surface area contributed by atoms with Crippen LogP contribution < -0.4 is 20.9 Å². The maximum absolute atomic E-state index is 13.8. The van der Waals surface area contributed by atoms with Gasteiger partial charge in [-0.1, -0.05) is 6.07 Å². The van der Waals surface area contributed by atoms with E-state index in [9.17, 15) is 39.5 Å². The van der Waals surface area contributed by atoms with Crippen molar-refractivity contribution in [2.45, 2.75) is 18.5 Å². The van der Waals surface area contributed by atoms with Crippen LogP contribution in [0.15, 0.2) is 54.6 Å². The summed E-state index contributed by atoms with van der Waals surface area (Å²) in [6.07, 6.45) is -14.9. The summed E-state index contributed by atoms with van der Waals surface area (Å²) >= 11 is 0. The van der Waals surface area contributed by atoms with Gasteiger partial charge in [0.2, 0.25) is 0 Å². The van der Waals surface area contributed by atoms with Gasteiger partial charge in [0.05, 0.1) is 11.1 Å². The monoisotopic (exact) mass is 496 g/mol. The number of anilines is 2. The van der Waals surface area contributed by atoms with Crippen LogP contribution >= 0.6 is 0 Å². The highest BCUT2D eigenvalue weighted by molar-refractivity contribution is 5.55. The third kappa shape index (κ3) is 5.77. The van der Waals surface area contributed by atoms with Crippen LogP contribution in [-0.2, 0) is 18.5 Å². The number of rotatable bonds is 4. The Kier molecular flexibility index (Phi) is 6.24. The zero-order valence-corrected chi connectivity index (χ0v) is 16.6. The van der Waals surface area contributed by atoms with Gasteiger partial charge in [-0.15, -0.1) is 0 Å². The minimum absolute atomic E-state index is 0.426. The van der Waals surface area contributed by atoms with Gasteiger partial charge in [0, 0.05) is 23.5 Å². The number of hydrogen-bond donors (Lipinski definition) is 2. The van der Waals surface area contributed by atoms with Crippen molar-refractivity contribution >= 4 is 11.4 Å². The summed E-state index contributed by atoms with van der Waals surface area (Å²) in [5.74, 6) is -3.25. The number of hydrogen-bond acceptors (Lipinski definition) is 4. The zero-order chi connectivity index (χ0) is 25.5. The molecule has 0 atom stereocenters. The number of halogens is 9. The van der Waals surface area contributed by atoms with Gasteiger partial charge in [0.15, 0.2) is 0 Å². The molecule has 0 aromatic heterocycles. The number of benzene rings is 3. The first-order chi connectivity index (χ1) is 15.5. The SMILES string of the molecule is Nc1cc(Oc2cccc(Oc3cc(N)cc(C(F)(F)F)c3)c2C(F)(F)F)cc(C(F)(F)F)c1. The van der Waals surface area contributed by atoms with E-state index < -0.39 is 69.6 Å². The van der Waals surface area contributed by atoms with Crippen molar-refractivity contribution in [3.63, 3.8) is 0 Å². The lowest BCUT2D eigenvalue weighted by Gasteiger charge is -2.19. The topological polar surface area (TPSA) is 70.5 Å². The summed E-state index contributed by atoms with van der Waals surface area (Å²) in [6.45, 7) is 0. The summed E-state index contributed by atoms with van der Waals surface area (Å²) in [4.78, 5) is 0. The van der Waals surface area contributed by atoms with Crippen molar-refractivity contribution < 1.29 is 49.0 Å². The molecule has 0 saturated carbocycles. The lowest BCUT2D eigenvalue weighted by molar-refractivity contribution is -0.140. The Hall–Kier alpha value is -3.77. The molecule has 13 heteroatoms. The van der Waals surface area contributed by atoms with Crippen LogP contribution in [0.5, 0.6) is 23.0 Å². The maximum Gasteiger partial charge on any atom is 0.423 e. The Bertz CT molecular complexity index is 1120. The molecule has 0 saturated heterocycles. The molecule has 0 radical (unpaired) electrons. The molecule has 0 amide bonds. The van der Waals surface area contributed by atoms with E-state index in [2.05, 4.69) is 0 Å². The van der Waals surface area contributed by atoms with Crippen LogP contribution in [0.1, 0.15) is 16.7 Å². The van der Waals surface area contributed by atoms with Crippen LogP contribution in [0.3, 0.4) is 0 Å². The van der Waals surface area contributed by atoms with E-state index in [0.29, 0.717) is 24.3 Å². The first kappa shape index (κ1) is 24.9. The first-order valence-corrected chi connectivity index (χ1v) is 9.05. The van der Waals surface area contributed by atoms with Gasteiger partial charge in [-0.25, -0.2) is 0 Å². The van der Waals surface area contributed by atoms with Crippen LogP contribution in [0.4, 0.5) is 50.9 Å². The van der Waals surface area contributed by atoms with E-state index >= 15 is 0 Å². The number of ether oxygens (including phenoxy) is 2. The van der Waals surface area contributed by atoms with E-state index in [-0.39, 0.29) is 0 Å². The Labute approximate surface area is 185 Å². The van der Waals surface area contributed by atoms with Crippen LogP contribution in [0.25, 0.3) is 0 Å². The smallest absolute Gasteiger partial charge is 0.423 e. The molecule has 0 fully saturated rings. The van der Waals surface area contributed by atoms with Crippen molar-refractivity contribution in [3.8, 4) is 23.0 Å². The van der Waals surface area contributed by atoms with Crippen molar-refractivity contribution in [2.24, 2.45) is 0 Å². The molecule has 4 N–H and O–H groups in total. The minimum Gasteiger partial charge on any atom is -0.456 e. The molecule has 4 nitrogen and oxygen atoms in total. The molecule has 0 bridgehead atoms. The van der Waals surface area contributed by atoms with E-state index in [4.69, 9.17) is 20.9 Å². The summed E-state index contributed by atoms with van der Waals surface area (Å²) < 4.78 is 130. The first-order valence-electron chi connectivity index (χ1n) is 9.05. The van der Waals surface area contributed by atoms with Crippen molar-refractivity contribution in [1.29, 1.82) is 0 Å². The van der Waals surface area contributed by atoms with Gasteiger partial charge in [0.25, 0.3) is 0 Å². The average Bonchev–Trinajstić information content (AvgIpc) is 2.65. The standard InChI is InChI=1S/C21H13F9N2O2/c22-19(23,24)10-4-12(31)8-14(6-10)33-16-2-1-3-17(18(16)21(28,29)30)34-15-7-11(20(25,26)27)5-13(32)9-15/h1-9H,31-32H2. The Morgan fingerprint density at radius 3 is 1.24 bits per heavy atom. The molecule has 0 spiro atoms. The number of alkyl halides is 9. The van der Waals surface area contributed by atoms with E-state index in [0.717, 1.165) is 30.3 Å². The van der Waals surface area contributed by atoms with E-state index in [1.807, 2.05) is 0 Å². The highest BCUT2D eigenvalue weighted by Crippen LogP contribution is 2.46. The van der Waals surface area contributed by atoms with Crippen molar-refractivity contribution in [1.82, 2.24) is 0 Å². The molecule has 0 unspecified atom stereocenters. The predicted molar refractivity (Wildman–Crippen MR) is 103 cm³/mol. The highest BCUT2D eigenvalue weighted by atomic mass is 19.4. The van der Waals surface area contributed by atoms with E-state index in [1.54, 1.807) is 0 Å². The third-order valence-electron chi connectivity index (χ3n) is 4.24. The van der Waals surface area contributed by atoms with Crippen LogP contribution in [0.2, 0.25) is 0 Å². The molecule has 3 aromatic rings. The lowest BCUT2D eigenvalue weighted by Crippen LogP contribution is -2.10. The molecule has 0 aliphatic carbocycles. The van der Waals surface area contributed by atoms with Gasteiger partial charge in [-0.3, -0.25) is 0 Å². The fourth-order valence-corrected chi connectivity index (χ4v) is 2.90. The van der Waals surface area contributed by atoms with Crippen LogP contribution in [-0.4, -0.2) is 0 Å². The van der Waals surface area contributed by atoms with Gasteiger partial charge in [-0.05, 0) is 36.4 Å². The Morgan fingerprint density at radius 1 is 0.529 bits per heavy atom. The quantitative estimate of drug-likeness (QED) is 0.290. The Balaban J connectivity index is 2.07. The highest BCUT2D eigenvalue weighted by Gasteiger charge is 2.39. The molecule has 0 heterocycles. The Morgan fingerprint density at radius 2 is 0.912 bits per heavy atom. The second-order valence-corrected chi connectivity index (χ2v) is 6.91. The molecular formula is C21H13F9N2O2. The number of nitrogens with two attached hydrogens (primary N) is 2. The van der Waals surface area contributed by atoms with Crippen LogP contribution in [0, 0.1) is 0 Å². The summed E-state index contributed by atoms with van der Waals surface area (Å²) in [5.41, 5.74) is 5.84. The molecular weight excluding hydrogens is 483 g/mol. The van der Waals surface area contributed by atoms with Gasteiger partial charge >= 0.3 is 18.5 Å². The van der Waals surface area contributed by atoms with Crippen molar-refractivity contribution in [3.05, 3.63) is 71.3 Å². The lowest BCUT2D eigenvalue weighted by atomic mass is 10.1. The molecule has 0 aliphatic heterocycles. The minimum atomic E-state index is -5.17. The maximum atomic E-state index is 13.8.